The van der Waals surface area contributed by atoms with Crippen molar-refractivity contribution in [2.24, 2.45) is 0 Å². The number of phenols is 2. The Morgan fingerprint density at radius 2 is 1.47 bits per heavy atom. The van der Waals surface area contributed by atoms with Crippen molar-refractivity contribution in [2.45, 2.75) is 6.61 Å². The van der Waals surface area contributed by atoms with E-state index >= 15 is 0 Å². The van der Waals surface area contributed by atoms with Crippen molar-refractivity contribution in [3.8, 4) is 45.7 Å². The maximum atomic E-state index is 11.8. The normalized spacial score (nSPS) is 10.9. The summed E-state index contributed by atoms with van der Waals surface area (Å²) in [4.78, 5) is 25.6. The van der Waals surface area contributed by atoms with Crippen LogP contribution in [0.15, 0.2) is 78.9 Å². The summed E-state index contributed by atoms with van der Waals surface area (Å²) in [5.74, 6) is 0.131. The summed E-state index contributed by atoms with van der Waals surface area (Å²) in [6.45, 7) is -0.223. The average molecular weight is 479 g/mol. The van der Waals surface area contributed by atoms with Crippen molar-refractivity contribution in [1.29, 1.82) is 0 Å². The monoisotopic (exact) mass is 479 g/mol. The Morgan fingerprint density at radius 1 is 0.806 bits per heavy atom. The van der Waals surface area contributed by atoms with E-state index in [9.17, 15) is 20.1 Å². The van der Waals surface area contributed by atoms with Gasteiger partial charge in [-0.1, -0.05) is 48.5 Å². The largest absolute Gasteiger partial charge is 0.507 e. The van der Waals surface area contributed by atoms with Gasteiger partial charge >= 0.3 is 5.97 Å². The molecular formula is C28H21N3O5. The number of carbonyl (C=O) groups is 1. The number of aliphatic hydroxyl groups excluding tert-OH is 1. The number of fused-ring (bicyclic) bond motifs is 1. The van der Waals surface area contributed by atoms with Crippen molar-refractivity contribution >= 4 is 16.7 Å². The second kappa shape index (κ2) is 9.44. The van der Waals surface area contributed by atoms with Gasteiger partial charge in [-0.25, -0.2) is 19.7 Å². The molecule has 0 saturated heterocycles. The topological polar surface area (TPSA) is 126 Å². The van der Waals surface area contributed by atoms with Gasteiger partial charge in [0.2, 0.25) is 0 Å². The lowest BCUT2D eigenvalue weighted by molar-refractivity contribution is 0.0600. The van der Waals surface area contributed by atoms with Crippen LogP contribution in [0.2, 0.25) is 0 Å². The van der Waals surface area contributed by atoms with Crippen molar-refractivity contribution in [2.75, 3.05) is 7.11 Å². The minimum atomic E-state index is -0.464. The maximum absolute atomic E-state index is 11.8. The number of rotatable bonds is 5. The molecule has 0 unspecified atom stereocenters. The van der Waals surface area contributed by atoms with Gasteiger partial charge in [0.05, 0.1) is 30.4 Å². The molecule has 0 bridgehead atoms. The summed E-state index contributed by atoms with van der Waals surface area (Å²) in [5, 5.41) is 32.6. The van der Waals surface area contributed by atoms with Crippen molar-refractivity contribution < 1.29 is 24.9 Å². The molecule has 36 heavy (non-hydrogen) atoms. The Hall–Kier alpha value is -4.82. The fraction of sp³-hybridized carbons (Fsp3) is 0.0714. The van der Waals surface area contributed by atoms with Crippen LogP contribution in [0.5, 0.6) is 11.5 Å². The summed E-state index contributed by atoms with van der Waals surface area (Å²) in [7, 11) is 1.31. The Labute approximate surface area is 206 Å². The molecule has 0 aliphatic carbocycles. The number of benzene rings is 4. The molecule has 0 saturated carbocycles. The summed E-state index contributed by atoms with van der Waals surface area (Å²) in [5.41, 5.74) is 2.25. The minimum absolute atomic E-state index is 0.0251. The van der Waals surface area contributed by atoms with Gasteiger partial charge in [-0.05, 0) is 41.3 Å². The number of aliphatic hydroxyl groups is 1. The van der Waals surface area contributed by atoms with E-state index < -0.39 is 5.97 Å². The lowest BCUT2D eigenvalue weighted by Gasteiger charge is -2.12. The van der Waals surface area contributed by atoms with Crippen LogP contribution in [0.25, 0.3) is 44.9 Å². The molecule has 178 valence electrons. The van der Waals surface area contributed by atoms with E-state index in [0.29, 0.717) is 33.2 Å². The molecule has 1 heterocycles. The van der Waals surface area contributed by atoms with Crippen LogP contribution in [0.1, 0.15) is 15.9 Å². The van der Waals surface area contributed by atoms with E-state index in [-0.39, 0.29) is 35.6 Å². The van der Waals surface area contributed by atoms with Crippen molar-refractivity contribution in [3.05, 3.63) is 90.0 Å². The number of carbonyl (C=O) groups excluding carboxylic acids is 1. The molecule has 5 rings (SSSR count). The Balaban J connectivity index is 1.71. The van der Waals surface area contributed by atoms with E-state index in [4.69, 9.17) is 4.74 Å². The van der Waals surface area contributed by atoms with E-state index in [1.807, 2.05) is 30.3 Å². The van der Waals surface area contributed by atoms with Gasteiger partial charge in [0.25, 0.3) is 0 Å². The Kier molecular flexibility index (Phi) is 6.02. The molecule has 5 aromatic rings. The standard InChI is InChI=1S/C28H21N3O5/c1-36-28(35)19-9-7-18(8-10-19)25-29-26(21-12-6-16(15-32)14-23(21)33)31-27(30-25)22-13-11-17-4-2-3-5-20(17)24(22)34/h2-14,32-34H,15H2,1H3. The van der Waals surface area contributed by atoms with E-state index in [2.05, 4.69) is 15.0 Å². The fourth-order valence-corrected chi connectivity index (χ4v) is 3.92. The van der Waals surface area contributed by atoms with Gasteiger partial charge < -0.3 is 20.1 Å². The summed E-state index contributed by atoms with van der Waals surface area (Å²) < 4.78 is 4.76. The quantitative estimate of drug-likeness (QED) is 0.309. The van der Waals surface area contributed by atoms with Gasteiger partial charge in [0.15, 0.2) is 17.5 Å². The van der Waals surface area contributed by atoms with Gasteiger partial charge in [0, 0.05) is 10.9 Å². The molecule has 0 atom stereocenters. The number of esters is 1. The third-order valence-electron chi connectivity index (χ3n) is 5.83. The molecule has 0 aliphatic rings. The molecule has 0 fully saturated rings. The first-order valence-electron chi connectivity index (χ1n) is 11.1. The lowest BCUT2D eigenvalue weighted by Crippen LogP contribution is -2.02. The van der Waals surface area contributed by atoms with Gasteiger partial charge in [-0.3, -0.25) is 0 Å². The molecule has 8 heteroatoms. The molecule has 0 spiro atoms. The minimum Gasteiger partial charge on any atom is -0.507 e. The highest BCUT2D eigenvalue weighted by molar-refractivity contribution is 5.94. The number of methoxy groups -OCH3 is 1. The van der Waals surface area contributed by atoms with Crippen LogP contribution in [-0.4, -0.2) is 43.4 Å². The zero-order valence-corrected chi connectivity index (χ0v) is 19.2. The number of aromatic nitrogens is 3. The second-order valence-corrected chi connectivity index (χ2v) is 8.07. The van der Waals surface area contributed by atoms with E-state index in [1.165, 1.54) is 13.2 Å². The lowest BCUT2D eigenvalue weighted by atomic mass is 10.0. The fourth-order valence-electron chi connectivity index (χ4n) is 3.92. The highest BCUT2D eigenvalue weighted by atomic mass is 16.5. The predicted molar refractivity (Wildman–Crippen MR) is 134 cm³/mol. The molecule has 8 nitrogen and oxygen atoms in total. The third-order valence-corrected chi connectivity index (χ3v) is 5.83. The molecular weight excluding hydrogens is 458 g/mol. The van der Waals surface area contributed by atoms with Crippen LogP contribution >= 0.6 is 0 Å². The summed E-state index contributed by atoms with van der Waals surface area (Å²) in [6, 6.07) is 22.3. The van der Waals surface area contributed by atoms with Gasteiger partial charge in [-0.15, -0.1) is 0 Å². The smallest absolute Gasteiger partial charge is 0.337 e. The van der Waals surface area contributed by atoms with Crippen LogP contribution in [-0.2, 0) is 11.3 Å². The van der Waals surface area contributed by atoms with Crippen LogP contribution < -0.4 is 0 Å². The van der Waals surface area contributed by atoms with Crippen LogP contribution in [0, 0.1) is 0 Å². The zero-order chi connectivity index (χ0) is 25.2. The highest BCUT2D eigenvalue weighted by Crippen LogP contribution is 2.36. The number of nitrogens with zero attached hydrogens (tertiary/aromatic N) is 3. The van der Waals surface area contributed by atoms with E-state index in [0.717, 1.165) is 5.39 Å². The molecule has 0 amide bonds. The SMILES string of the molecule is COC(=O)c1ccc(-c2nc(-c3ccc(CO)cc3O)nc(-c3ccc4ccccc4c3O)n2)cc1. The zero-order valence-electron chi connectivity index (χ0n) is 19.2. The number of hydrogen-bond donors (Lipinski definition) is 3. The number of phenolic OH excluding ortho intramolecular Hbond substituents is 2. The molecule has 0 aliphatic heterocycles. The second-order valence-electron chi connectivity index (χ2n) is 8.07. The summed E-state index contributed by atoms with van der Waals surface area (Å²) in [6.07, 6.45) is 0. The number of ether oxygens (including phenoxy) is 1. The Bertz CT molecular complexity index is 1600. The first kappa shape index (κ1) is 22.9. The number of hydrogen-bond acceptors (Lipinski definition) is 8. The van der Waals surface area contributed by atoms with E-state index in [1.54, 1.807) is 42.5 Å². The molecule has 3 N–H and O–H groups in total. The van der Waals surface area contributed by atoms with Gasteiger partial charge in [0.1, 0.15) is 11.5 Å². The third kappa shape index (κ3) is 4.21. The average Bonchev–Trinajstić information content (AvgIpc) is 2.92. The Morgan fingerprint density at radius 3 is 2.17 bits per heavy atom. The first-order chi connectivity index (χ1) is 17.5. The highest BCUT2D eigenvalue weighted by Gasteiger charge is 2.18. The molecule has 4 aromatic carbocycles. The van der Waals surface area contributed by atoms with Crippen molar-refractivity contribution in [3.63, 3.8) is 0 Å². The maximum Gasteiger partial charge on any atom is 0.337 e. The van der Waals surface area contributed by atoms with Crippen molar-refractivity contribution in [1.82, 2.24) is 15.0 Å². The van der Waals surface area contributed by atoms with Gasteiger partial charge in [-0.2, -0.15) is 0 Å². The van der Waals surface area contributed by atoms with Crippen LogP contribution in [0.4, 0.5) is 0 Å². The predicted octanol–water partition coefficient (Wildman–Crippen LogP) is 4.72. The molecule has 1 aromatic heterocycles. The summed E-state index contributed by atoms with van der Waals surface area (Å²) >= 11 is 0. The molecule has 0 radical (unpaired) electrons. The first-order valence-corrected chi connectivity index (χ1v) is 11.1. The van der Waals surface area contributed by atoms with Crippen LogP contribution in [0.3, 0.4) is 0 Å². The number of aromatic hydroxyl groups is 2.